The number of hydrogen-bond acceptors (Lipinski definition) is 2. The molecule has 0 amide bonds. The van der Waals surface area contributed by atoms with Crippen LogP contribution in [0.25, 0.3) is 0 Å². The molecule has 2 N–H and O–H groups in total. The van der Waals surface area contributed by atoms with E-state index in [2.05, 4.69) is 5.32 Å². The summed E-state index contributed by atoms with van der Waals surface area (Å²) in [7, 11) is 0. The monoisotopic (exact) mass is 273 g/mol. The molecule has 2 rings (SSSR count). The lowest BCUT2D eigenvalue weighted by atomic mass is 9.97. The van der Waals surface area contributed by atoms with Gasteiger partial charge in [0.2, 0.25) is 0 Å². The maximum atomic E-state index is 13.1. The number of aliphatic hydroxyl groups excluding tert-OH is 1. The summed E-state index contributed by atoms with van der Waals surface area (Å²) in [5.74, 6) is -0.232. The van der Waals surface area contributed by atoms with Crippen LogP contribution >= 0.6 is 0 Å². The third-order valence-electron chi connectivity index (χ3n) is 3.35. The van der Waals surface area contributed by atoms with Crippen molar-refractivity contribution in [3.05, 3.63) is 71.5 Å². The zero-order chi connectivity index (χ0) is 14.4. The minimum absolute atomic E-state index is 0.00153. The highest BCUT2D eigenvalue weighted by Gasteiger charge is 2.16. The molecule has 0 aliphatic rings. The number of benzene rings is 2. The van der Waals surface area contributed by atoms with Gasteiger partial charge in [0.05, 0.1) is 6.04 Å². The van der Waals surface area contributed by atoms with Crippen molar-refractivity contribution in [3.63, 3.8) is 0 Å². The largest absolute Gasteiger partial charge is 0.396 e. The minimum Gasteiger partial charge on any atom is -0.396 e. The van der Waals surface area contributed by atoms with E-state index >= 15 is 0 Å². The number of aliphatic hydroxyl groups is 1. The average Bonchev–Trinajstić information content (AvgIpc) is 2.47. The van der Waals surface area contributed by atoms with Crippen LogP contribution in [-0.4, -0.2) is 17.8 Å². The summed E-state index contributed by atoms with van der Waals surface area (Å²) in [5, 5.41) is 12.5. The maximum Gasteiger partial charge on any atom is 0.123 e. The van der Waals surface area contributed by atoms with E-state index in [4.69, 9.17) is 5.11 Å². The van der Waals surface area contributed by atoms with Crippen molar-refractivity contribution >= 4 is 0 Å². The van der Waals surface area contributed by atoms with Gasteiger partial charge in [0.1, 0.15) is 5.82 Å². The Labute approximate surface area is 119 Å². The van der Waals surface area contributed by atoms with Gasteiger partial charge in [-0.1, -0.05) is 42.5 Å². The number of rotatable bonds is 6. The lowest BCUT2D eigenvalue weighted by Gasteiger charge is -2.24. The maximum absolute atomic E-state index is 13.1. The van der Waals surface area contributed by atoms with E-state index in [9.17, 15) is 4.39 Å². The summed E-state index contributed by atoms with van der Waals surface area (Å²) in [6.45, 7) is 2.19. The van der Waals surface area contributed by atoms with Crippen LogP contribution < -0.4 is 5.32 Å². The molecule has 20 heavy (non-hydrogen) atoms. The number of hydrogen-bond donors (Lipinski definition) is 2. The first kappa shape index (κ1) is 14.7. The summed E-state index contributed by atoms with van der Waals surface area (Å²) in [5.41, 5.74) is 2.14. The van der Waals surface area contributed by atoms with Crippen LogP contribution in [0.2, 0.25) is 0 Å². The van der Waals surface area contributed by atoms with Crippen LogP contribution in [0.5, 0.6) is 0 Å². The molecule has 0 saturated heterocycles. The smallest absolute Gasteiger partial charge is 0.123 e. The van der Waals surface area contributed by atoms with E-state index in [0.717, 1.165) is 11.1 Å². The fourth-order valence-electron chi connectivity index (χ4n) is 2.25. The molecule has 2 aromatic rings. The van der Waals surface area contributed by atoms with E-state index in [0.29, 0.717) is 6.42 Å². The van der Waals surface area contributed by atoms with Crippen molar-refractivity contribution < 1.29 is 9.50 Å². The van der Waals surface area contributed by atoms with Gasteiger partial charge in [-0.25, -0.2) is 4.39 Å². The molecule has 2 atom stereocenters. The Morgan fingerprint density at radius 1 is 1.00 bits per heavy atom. The average molecular weight is 273 g/mol. The van der Waals surface area contributed by atoms with Gasteiger partial charge in [0.15, 0.2) is 0 Å². The Kier molecular flexibility index (Phi) is 5.27. The molecule has 0 aromatic heterocycles. The van der Waals surface area contributed by atoms with Crippen LogP contribution in [0, 0.1) is 5.82 Å². The van der Waals surface area contributed by atoms with E-state index < -0.39 is 0 Å². The van der Waals surface area contributed by atoms with Gasteiger partial charge in [0, 0.05) is 12.6 Å². The summed E-state index contributed by atoms with van der Waals surface area (Å²) >= 11 is 0. The van der Waals surface area contributed by atoms with E-state index in [1.807, 2.05) is 37.3 Å². The molecule has 0 aliphatic heterocycles. The highest BCUT2D eigenvalue weighted by atomic mass is 19.1. The standard InChI is InChI=1S/C17H20FNO/c1-13(11-12-20)19-17(14-5-3-2-4-6-14)15-7-9-16(18)10-8-15/h2-10,13,17,19-20H,11-12H2,1H3. The van der Waals surface area contributed by atoms with Crippen molar-refractivity contribution in [1.82, 2.24) is 5.32 Å². The lowest BCUT2D eigenvalue weighted by Crippen LogP contribution is -2.32. The molecule has 0 saturated carbocycles. The second kappa shape index (κ2) is 7.17. The highest BCUT2D eigenvalue weighted by Crippen LogP contribution is 2.23. The Morgan fingerprint density at radius 3 is 2.20 bits per heavy atom. The molecule has 0 bridgehead atoms. The number of nitrogens with one attached hydrogen (secondary N) is 1. The zero-order valence-electron chi connectivity index (χ0n) is 11.6. The molecule has 0 spiro atoms. The van der Waals surface area contributed by atoms with Crippen LogP contribution in [0.4, 0.5) is 4.39 Å². The molecule has 2 aromatic carbocycles. The van der Waals surface area contributed by atoms with Gasteiger partial charge in [-0.05, 0) is 36.6 Å². The number of halogens is 1. The predicted octanol–water partition coefficient (Wildman–Crippen LogP) is 3.28. The minimum atomic E-state index is -0.232. The Balaban J connectivity index is 2.26. The molecule has 0 fully saturated rings. The Hall–Kier alpha value is -1.71. The van der Waals surface area contributed by atoms with Crippen molar-refractivity contribution in [2.45, 2.75) is 25.4 Å². The molecule has 2 nitrogen and oxygen atoms in total. The third kappa shape index (κ3) is 3.89. The Bertz CT molecular complexity index is 512. The van der Waals surface area contributed by atoms with Crippen LogP contribution in [0.3, 0.4) is 0 Å². The summed E-state index contributed by atoms with van der Waals surface area (Å²) in [6, 6.07) is 16.8. The fourth-order valence-corrected chi connectivity index (χ4v) is 2.25. The van der Waals surface area contributed by atoms with Crippen molar-refractivity contribution in [3.8, 4) is 0 Å². The molecule has 0 heterocycles. The normalized spacial score (nSPS) is 13.9. The predicted molar refractivity (Wildman–Crippen MR) is 79.0 cm³/mol. The van der Waals surface area contributed by atoms with Crippen LogP contribution in [-0.2, 0) is 0 Å². The topological polar surface area (TPSA) is 32.3 Å². The summed E-state index contributed by atoms with van der Waals surface area (Å²) < 4.78 is 13.1. The van der Waals surface area contributed by atoms with Gasteiger partial charge in [-0.2, -0.15) is 0 Å². The fraction of sp³-hybridized carbons (Fsp3) is 0.294. The van der Waals surface area contributed by atoms with Crippen molar-refractivity contribution in [1.29, 1.82) is 0 Å². The van der Waals surface area contributed by atoms with E-state index in [-0.39, 0.29) is 24.5 Å². The molecule has 0 radical (unpaired) electrons. The first-order chi connectivity index (χ1) is 9.70. The second-order valence-electron chi connectivity index (χ2n) is 4.98. The van der Waals surface area contributed by atoms with Gasteiger partial charge in [0.25, 0.3) is 0 Å². The van der Waals surface area contributed by atoms with E-state index in [1.165, 1.54) is 12.1 Å². The van der Waals surface area contributed by atoms with Crippen LogP contribution in [0.15, 0.2) is 54.6 Å². The van der Waals surface area contributed by atoms with Gasteiger partial charge in [-0.3, -0.25) is 0 Å². The van der Waals surface area contributed by atoms with Gasteiger partial charge >= 0.3 is 0 Å². The SMILES string of the molecule is CC(CCO)NC(c1ccccc1)c1ccc(F)cc1. The molecule has 0 aliphatic carbocycles. The molecule has 2 unspecified atom stereocenters. The molecule has 3 heteroatoms. The molecular weight excluding hydrogens is 253 g/mol. The first-order valence-corrected chi connectivity index (χ1v) is 6.88. The molecule has 106 valence electrons. The van der Waals surface area contributed by atoms with Gasteiger partial charge in [-0.15, -0.1) is 0 Å². The highest BCUT2D eigenvalue weighted by molar-refractivity contribution is 5.31. The summed E-state index contributed by atoms with van der Waals surface area (Å²) in [4.78, 5) is 0. The molecular formula is C17H20FNO. The van der Waals surface area contributed by atoms with Gasteiger partial charge < -0.3 is 10.4 Å². The summed E-state index contributed by atoms with van der Waals surface area (Å²) in [6.07, 6.45) is 0.685. The zero-order valence-corrected chi connectivity index (χ0v) is 11.6. The Morgan fingerprint density at radius 2 is 1.60 bits per heavy atom. The first-order valence-electron chi connectivity index (χ1n) is 6.88. The lowest BCUT2D eigenvalue weighted by molar-refractivity contribution is 0.266. The second-order valence-corrected chi connectivity index (χ2v) is 4.98. The quantitative estimate of drug-likeness (QED) is 0.846. The van der Waals surface area contributed by atoms with Crippen molar-refractivity contribution in [2.24, 2.45) is 0 Å². The van der Waals surface area contributed by atoms with Crippen LogP contribution in [0.1, 0.15) is 30.5 Å². The third-order valence-corrected chi connectivity index (χ3v) is 3.35. The van der Waals surface area contributed by atoms with Crippen molar-refractivity contribution in [2.75, 3.05) is 6.61 Å². The van der Waals surface area contributed by atoms with E-state index in [1.54, 1.807) is 12.1 Å².